The molecule has 1 saturated carbocycles. The summed E-state index contributed by atoms with van der Waals surface area (Å²) in [6.45, 7) is 7.90. The molecule has 14 unspecified atom stereocenters. The van der Waals surface area contributed by atoms with Crippen LogP contribution in [0.5, 0.6) is 0 Å². The van der Waals surface area contributed by atoms with Crippen molar-refractivity contribution in [2.75, 3.05) is 51.4 Å². The van der Waals surface area contributed by atoms with Crippen LogP contribution >= 0.6 is 21.6 Å². The van der Waals surface area contributed by atoms with Gasteiger partial charge in [0.05, 0.1) is 18.2 Å². The fraction of sp³-hybridized carbons (Fsp3) is 0.829. The Morgan fingerprint density at radius 1 is 1.18 bits per heavy atom. The summed E-state index contributed by atoms with van der Waals surface area (Å²) in [5.41, 5.74) is 6.72. The lowest BCUT2D eigenvalue weighted by Crippen LogP contribution is -2.66. The summed E-state index contributed by atoms with van der Waals surface area (Å²) in [4.78, 5) is 43.4. The van der Waals surface area contributed by atoms with E-state index in [4.69, 9.17) is 19.9 Å². The van der Waals surface area contributed by atoms with Gasteiger partial charge < -0.3 is 45.7 Å². The van der Waals surface area contributed by atoms with Crippen molar-refractivity contribution < 1.29 is 38.8 Å². The highest BCUT2D eigenvalue weighted by Gasteiger charge is 2.68. The highest BCUT2D eigenvalue weighted by Crippen LogP contribution is 2.62. The predicted molar refractivity (Wildman–Crippen MR) is 213 cm³/mol. The summed E-state index contributed by atoms with van der Waals surface area (Å²) >= 11 is 0. The largest absolute Gasteiger partial charge is 0.462 e. The van der Waals surface area contributed by atoms with E-state index in [0.29, 0.717) is 69.4 Å². The van der Waals surface area contributed by atoms with Gasteiger partial charge in [-0.25, -0.2) is 4.79 Å². The van der Waals surface area contributed by atoms with Gasteiger partial charge in [-0.15, -0.1) is 0 Å². The lowest BCUT2D eigenvalue weighted by molar-refractivity contribution is -0.229. The van der Waals surface area contributed by atoms with Crippen LogP contribution in [0.25, 0.3) is 0 Å². The van der Waals surface area contributed by atoms with Gasteiger partial charge in [0.1, 0.15) is 17.3 Å². The van der Waals surface area contributed by atoms with Crippen LogP contribution in [0.4, 0.5) is 0 Å². The zero-order valence-corrected chi connectivity index (χ0v) is 34.7. The number of esters is 2. The Morgan fingerprint density at radius 2 is 2.00 bits per heavy atom. The highest BCUT2D eigenvalue weighted by atomic mass is 33.1. The number of allylic oxidation sites excluding steroid dienone is 1. The number of carbonyl (C=O) groups is 3. The molecule has 1 spiro atoms. The molecule has 0 radical (unpaired) electrons. The SMILES string of the molecule is CC=C(C)C(=O)OC1(C)CC=C2CSSCC3C(CNC)CN3C(=O)CC3CNC(N)CC3C2C12CC1CC3CC(CC(CO)CCO)C(=O)OC3CC1O2. The van der Waals surface area contributed by atoms with Crippen molar-refractivity contribution in [2.45, 2.75) is 114 Å². The smallest absolute Gasteiger partial charge is 0.334 e. The number of nitrogens with one attached hydrogen (secondary N) is 2. The molecule has 5 heterocycles. The van der Waals surface area contributed by atoms with Gasteiger partial charge in [0.25, 0.3) is 0 Å². The van der Waals surface area contributed by atoms with E-state index in [2.05, 4.69) is 28.5 Å². The fourth-order valence-electron chi connectivity index (χ4n) is 11.5. The second kappa shape index (κ2) is 17.3. The molecule has 1 amide bonds. The van der Waals surface area contributed by atoms with Gasteiger partial charge >= 0.3 is 11.9 Å². The molecule has 6 fully saturated rings. The molecule has 14 atom stereocenters. The third-order valence-corrected chi connectivity index (χ3v) is 17.0. The van der Waals surface area contributed by atoms with Crippen molar-refractivity contribution in [2.24, 2.45) is 53.1 Å². The summed E-state index contributed by atoms with van der Waals surface area (Å²) in [5, 5.41) is 26.3. The molecule has 308 valence electrons. The highest BCUT2D eigenvalue weighted by molar-refractivity contribution is 8.76. The van der Waals surface area contributed by atoms with Crippen molar-refractivity contribution in [1.82, 2.24) is 15.5 Å². The maximum absolute atomic E-state index is 14.2. The number of hydrogen-bond donors (Lipinski definition) is 5. The van der Waals surface area contributed by atoms with E-state index < -0.39 is 11.2 Å². The van der Waals surface area contributed by atoms with Crippen LogP contribution in [0, 0.1) is 47.3 Å². The van der Waals surface area contributed by atoms with Crippen LogP contribution in [0.1, 0.15) is 78.6 Å². The molecule has 2 aliphatic carbocycles. The minimum atomic E-state index is -0.996. The van der Waals surface area contributed by atoms with E-state index in [1.54, 1.807) is 13.0 Å². The van der Waals surface area contributed by atoms with Gasteiger partial charge in [-0.1, -0.05) is 39.3 Å². The molecule has 7 aliphatic rings. The molecular weight excluding hydrogens is 741 g/mol. The van der Waals surface area contributed by atoms with Crippen LogP contribution in [0.2, 0.25) is 0 Å². The molecule has 12 nitrogen and oxygen atoms in total. The zero-order valence-electron chi connectivity index (χ0n) is 33.1. The van der Waals surface area contributed by atoms with Crippen molar-refractivity contribution in [3.63, 3.8) is 0 Å². The van der Waals surface area contributed by atoms with Gasteiger partial charge in [0.15, 0.2) is 0 Å². The number of hydrogen-bond acceptors (Lipinski definition) is 13. The standard InChI is InChI=1S/C41H64N4O8S2/c1-5-23(2)38(49)53-40(3)8-6-25-21-54-55-22-32-30(17-43-4)19-45(32)36(48)13-29-18-44-35(42)14-31(29)37(25)41(40)16-28-12-26-11-27(10-24(20-47)7-9-46)39(50)51-33(26)15-34(28)52-41/h5-6,24,26-35,37,43-44,46-47H,7-22,42H2,1-4H3. The topological polar surface area (TPSA) is 173 Å². The fourth-order valence-corrected chi connectivity index (χ4v) is 14.0. The van der Waals surface area contributed by atoms with Crippen LogP contribution in [-0.2, 0) is 28.6 Å². The normalized spacial score (nSPS) is 42.5. The van der Waals surface area contributed by atoms with Gasteiger partial charge in [-0.3, -0.25) is 9.59 Å². The molecule has 14 heteroatoms. The first kappa shape index (κ1) is 41.5. The number of aliphatic hydroxyl groups excluding tert-OH is 2. The monoisotopic (exact) mass is 804 g/mol. The Labute approximate surface area is 334 Å². The van der Waals surface area contributed by atoms with Crippen LogP contribution in [0.15, 0.2) is 23.3 Å². The number of fused-ring (bicyclic) bond motifs is 7. The number of nitrogens with two attached hydrogens (primary N) is 1. The summed E-state index contributed by atoms with van der Waals surface area (Å²) in [5.74, 6) is 1.51. The summed E-state index contributed by atoms with van der Waals surface area (Å²) in [7, 11) is 5.67. The van der Waals surface area contributed by atoms with Gasteiger partial charge in [0, 0.05) is 87.1 Å². The summed E-state index contributed by atoms with van der Waals surface area (Å²) < 4.78 is 20.4. The number of amides is 1. The second-order valence-corrected chi connectivity index (χ2v) is 20.4. The van der Waals surface area contributed by atoms with Crippen LogP contribution in [-0.4, -0.2) is 120 Å². The number of nitrogens with zero attached hydrogens (tertiary/aromatic N) is 1. The van der Waals surface area contributed by atoms with Crippen molar-refractivity contribution in [1.29, 1.82) is 0 Å². The minimum Gasteiger partial charge on any atom is -0.462 e. The second-order valence-electron chi connectivity index (χ2n) is 17.9. The first-order chi connectivity index (χ1) is 26.4. The van der Waals surface area contributed by atoms with Crippen molar-refractivity contribution >= 4 is 39.4 Å². The predicted octanol–water partition coefficient (Wildman–Crippen LogP) is 3.41. The molecule has 0 bridgehead atoms. The molecule has 55 heavy (non-hydrogen) atoms. The van der Waals surface area contributed by atoms with E-state index in [1.807, 2.05) is 35.6 Å². The molecular formula is C41H64N4O8S2. The third-order valence-electron chi connectivity index (χ3n) is 14.6. The van der Waals surface area contributed by atoms with Gasteiger partial charge in [0.2, 0.25) is 5.91 Å². The lowest BCUT2D eigenvalue weighted by atomic mass is 9.56. The Balaban J connectivity index is 1.24. The Morgan fingerprint density at radius 3 is 2.75 bits per heavy atom. The van der Waals surface area contributed by atoms with Crippen molar-refractivity contribution in [3.05, 3.63) is 23.3 Å². The first-order valence-corrected chi connectivity index (χ1v) is 23.3. The summed E-state index contributed by atoms with van der Waals surface area (Å²) in [6.07, 6.45) is 8.79. The van der Waals surface area contributed by atoms with Crippen molar-refractivity contribution in [3.8, 4) is 0 Å². The number of ether oxygens (including phenoxy) is 3. The lowest BCUT2D eigenvalue weighted by Gasteiger charge is -2.57. The van der Waals surface area contributed by atoms with Gasteiger partial charge in [-0.05, 0) is 95.9 Å². The summed E-state index contributed by atoms with van der Waals surface area (Å²) in [6, 6.07) is 0.219. The minimum absolute atomic E-state index is 0.0111. The van der Waals surface area contributed by atoms with E-state index in [-0.39, 0.29) is 96.9 Å². The average Bonchev–Trinajstić information content (AvgIpc) is 3.52. The molecule has 7 rings (SSSR count). The van der Waals surface area contributed by atoms with Crippen LogP contribution < -0.4 is 16.4 Å². The maximum atomic E-state index is 14.2. The third kappa shape index (κ3) is 8.06. The number of carbonyl (C=O) groups excluding carboxylic acids is 3. The van der Waals surface area contributed by atoms with Gasteiger partial charge in [-0.2, -0.15) is 0 Å². The van der Waals surface area contributed by atoms with E-state index in [1.165, 1.54) is 5.57 Å². The molecule has 0 aromatic heterocycles. The number of rotatable bonds is 9. The van der Waals surface area contributed by atoms with Crippen LogP contribution in [0.3, 0.4) is 0 Å². The van der Waals surface area contributed by atoms with E-state index in [0.717, 1.165) is 31.0 Å². The molecule has 5 aliphatic heterocycles. The molecule has 6 N–H and O–H groups in total. The maximum Gasteiger partial charge on any atom is 0.334 e. The first-order valence-electron chi connectivity index (χ1n) is 20.8. The quantitative estimate of drug-likeness (QED) is 0.0995. The van der Waals surface area contributed by atoms with E-state index in [9.17, 15) is 24.6 Å². The average molecular weight is 805 g/mol. The number of piperidine rings is 1. The number of aliphatic hydroxyl groups is 2. The molecule has 0 aromatic rings. The Bertz CT molecular complexity index is 1500. The zero-order chi connectivity index (χ0) is 39.1. The Hall–Kier alpha value is -1.65. The molecule has 5 saturated heterocycles. The van der Waals surface area contributed by atoms with E-state index >= 15 is 0 Å². The molecule has 0 aromatic carbocycles. The Kier molecular flexibility index (Phi) is 13.0.